The van der Waals surface area contributed by atoms with Gasteiger partial charge in [0.15, 0.2) is 0 Å². The maximum absolute atomic E-state index is 10.9. The lowest BCUT2D eigenvalue weighted by Gasteiger charge is -2.04. The predicted molar refractivity (Wildman–Crippen MR) is 74.4 cm³/mol. The van der Waals surface area contributed by atoms with Crippen molar-refractivity contribution in [3.05, 3.63) is 50.7 Å². The molecule has 5 heteroatoms. The molecule has 0 bridgehead atoms. The zero-order chi connectivity index (χ0) is 12.4. The summed E-state index contributed by atoms with van der Waals surface area (Å²) in [5.41, 5.74) is 1.73. The van der Waals surface area contributed by atoms with Crippen molar-refractivity contribution < 1.29 is 9.90 Å². The van der Waals surface area contributed by atoms with Crippen LogP contribution >= 0.6 is 34.2 Å². The molecule has 0 saturated heterocycles. The summed E-state index contributed by atoms with van der Waals surface area (Å²) in [5.74, 6) is -0.946. The van der Waals surface area contributed by atoms with E-state index in [-0.39, 0.29) is 5.56 Å². The van der Waals surface area contributed by atoms with Crippen molar-refractivity contribution in [2.24, 2.45) is 0 Å². The van der Waals surface area contributed by atoms with Crippen LogP contribution in [0.15, 0.2) is 36.5 Å². The number of pyridine rings is 1. The number of carboxylic acids is 1. The summed E-state index contributed by atoms with van der Waals surface area (Å²) >= 11 is 7.83. The summed E-state index contributed by atoms with van der Waals surface area (Å²) in [4.78, 5) is 15.1. The highest BCUT2D eigenvalue weighted by Crippen LogP contribution is 2.22. The van der Waals surface area contributed by atoms with Gasteiger partial charge in [0.2, 0.25) is 0 Å². The molecule has 0 spiro atoms. The standard InChI is InChI=1S/C12H7ClINO2/c13-9-1-2-11(15-6-9)7-3-8(12(16)17)5-10(14)4-7/h1-6H,(H,16,17). The summed E-state index contributed by atoms with van der Waals surface area (Å²) in [6, 6.07) is 8.58. The first-order valence-electron chi connectivity index (χ1n) is 4.72. The van der Waals surface area contributed by atoms with Crippen LogP contribution in [0.4, 0.5) is 0 Å². The lowest BCUT2D eigenvalue weighted by molar-refractivity contribution is 0.0697. The van der Waals surface area contributed by atoms with E-state index in [0.29, 0.717) is 10.7 Å². The first-order chi connectivity index (χ1) is 8.06. The van der Waals surface area contributed by atoms with Gasteiger partial charge in [-0.25, -0.2) is 4.79 Å². The quantitative estimate of drug-likeness (QED) is 0.832. The average molecular weight is 360 g/mol. The molecule has 0 saturated carbocycles. The Morgan fingerprint density at radius 1 is 1.29 bits per heavy atom. The Morgan fingerprint density at radius 3 is 2.65 bits per heavy atom. The summed E-state index contributed by atoms with van der Waals surface area (Å²) in [5, 5.41) is 9.53. The number of nitrogens with zero attached hydrogens (tertiary/aromatic N) is 1. The maximum Gasteiger partial charge on any atom is 0.335 e. The number of carbonyl (C=O) groups is 1. The highest BCUT2D eigenvalue weighted by Gasteiger charge is 2.08. The van der Waals surface area contributed by atoms with Crippen LogP contribution in [0.2, 0.25) is 5.02 Å². The van der Waals surface area contributed by atoms with Crippen molar-refractivity contribution in [1.29, 1.82) is 0 Å². The van der Waals surface area contributed by atoms with Crippen molar-refractivity contribution in [2.45, 2.75) is 0 Å². The Hall–Kier alpha value is -1.14. The molecule has 0 unspecified atom stereocenters. The second-order valence-electron chi connectivity index (χ2n) is 3.40. The molecular formula is C12H7ClINO2. The van der Waals surface area contributed by atoms with Gasteiger partial charge in [-0.05, 0) is 52.9 Å². The zero-order valence-corrected chi connectivity index (χ0v) is 11.4. The van der Waals surface area contributed by atoms with E-state index in [2.05, 4.69) is 27.6 Å². The molecule has 2 rings (SSSR count). The number of hydrogen-bond donors (Lipinski definition) is 1. The number of carboxylic acid groups (broad SMARTS) is 1. The van der Waals surface area contributed by atoms with Crippen LogP contribution < -0.4 is 0 Å². The number of benzene rings is 1. The maximum atomic E-state index is 10.9. The second kappa shape index (κ2) is 5.01. The molecule has 86 valence electrons. The fourth-order valence-corrected chi connectivity index (χ4v) is 2.19. The summed E-state index contributed by atoms with van der Waals surface area (Å²) in [6.45, 7) is 0. The van der Waals surface area contributed by atoms with Gasteiger partial charge >= 0.3 is 5.97 Å². The molecule has 17 heavy (non-hydrogen) atoms. The van der Waals surface area contributed by atoms with Gasteiger partial charge in [0, 0.05) is 15.3 Å². The average Bonchev–Trinajstić information content (AvgIpc) is 2.29. The van der Waals surface area contributed by atoms with Crippen LogP contribution in [0.1, 0.15) is 10.4 Å². The minimum absolute atomic E-state index is 0.253. The Kier molecular flexibility index (Phi) is 3.63. The van der Waals surface area contributed by atoms with E-state index in [1.54, 1.807) is 24.3 Å². The normalized spacial score (nSPS) is 10.2. The predicted octanol–water partition coefficient (Wildman–Crippen LogP) is 3.70. The molecule has 1 N–H and O–H groups in total. The van der Waals surface area contributed by atoms with Crippen molar-refractivity contribution in [2.75, 3.05) is 0 Å². The highest BCUT2D eigenvalue weighted by atomic mass is 127. The molecule has 2 aromatic rings. The summed E-state index contributed by atoms with van der Waals surface area (Å²) in [6.07, 6.45) is 1.54. The lowest BCUT2D eigenvalue weighted by atomic mass is 10.1. The van der Waals surface area contributed by atoms with E-state index >= 15 is 0 Å². The molecule has 0 fully saturated rings. The Balaban J connectivity index is 2.51. The van der Waals surface area contributed by atoms with Crippen LogP contribution in [0.5, 0.6) is 0 Å². The van der Waals surface area contributed by atoms with Crippen LogP contribution in [0.25, 0.3) is 11.3 Å². The highest BCUT2D eigenvalue weighted by molar-refractivity contribution is 14.1. The fourth-order valence-electron chi connectivity index (χ4n) is 1.41. The molecule has 0 aliphatic heterocycles. The SMILES string of the molecule is O=C(O)c1cc(I)cc(-c2ccc(Cl)cn2)c1. The van der Waals surface area contributed by atoms with Gasteiger partial charge in [-0.15, -0.1) is 0 Å². The van der Waals surface area contributed by atoms with Crippen LogP contribution in [-0.2, 0) is 0 Å². The monoisotopic (exact) mass is 359 g/mol. The Bertz CT molecular complexity index is 569. The van der Waals surface area contributed by atoms with Gasteiger partial charge in [0.05, 0.1) is 16.3 Å². The summed E-state index contributed by atoms with van der Waals surface area (Å²) in [7, 11) is 0. The molecule has 1 aromatic heterocycles. The first kappa shape index (κ1) is 12.3. The molecule has 1 aromatic carbocycles. The van der Waals surface area contributed by atoms with E-state index in [0.717, 1.165) is 9.13 Å². The van der Waals surface area contributed by atoms with Gasteiger partial charge in [-0.3, -0.25) is 4.98 Å². The topological polar surface area (TPSA) is 50.2 Å². The minimum Gasteiger partial charge on any atom is -0.478 e. The number of hydrogen-bond acceptors (Lipinski definition) is 2. The molecular weight excluding hydrogens is 352 g/mol. The number of halogens is 2. The third-order valence-electron chi connectivity index (χ3n) is 2.17. The van der Waals surface area contributed by atoms with E-state index < -0.39 is 5.97 Å². The van der Waals surface area contributed by atoms with Crippen LogP contribution in [-0.4, -0.2) is 16.1 Å². The second-order valence-corrected chi connectivity index (χ2v) is 5.08. The molecule has 1 heterocycles. The third-order valence-corrected chi connectivity index (χ3v) is 3.01. The molecule has 0 atom stereocenters. The molecule has 0 aliphatic carbocycles. The van der Waals surface area contributed by atoms with E-state index in [4.69, 9.17) is 16.7 Å². The molecule has 0 aliphatic rings. The fraction of sp³-hybridized carbons (Fsp3) is 0. The Labute approximate surface area is 117 Å². The van der Waals surface area contributed by atoms with Gasteiger partial charge in [0.1, 0.15) is 0 Å². The van der Waals surface area contributed by atoms with Crippen LogP contribution in [0, 0.1) is 3.57 Å². The third kappa shape index (κ3) is 2.95. The number of rotatable bonds is 2. The number of aromatic carboxylic acids is 1. The van der Waals surface area contributed by atoms with Gasteiger partial charge < -0.3 is 5.11 Å². The van der Waals surface area contributed by atoms with E-state index in [1.165, 1.54) is 6.20 Å². The Morgan fingerprint density at radius 2 is 2.06 bits per heavy atom. The van der Waals surface area contributed by atoms with Crippen LogP contribution in [0.3, 0.4) is 0 Å². The van der Waals surface area contributed by atoms with Crippen molar-refractivity contribution >= 4 is 40.2 Å². The number of aromatic nitrogens is 1. The van der Waals surface area contributed by atoms with Crippen molar-refractivity contribution in [3.8, 4) is 11.3 Å². The van der Waals surface area contributed by atoms with E-state index in [1.807, 2.05) is 6.07 Å². The van der Waals surface area contributed by atoms with E-state index in [9.17, 15) is 4.79 Å². The minimum atomic E-state index is -0.946. The lowest BCUT2D eigenvalue weighted by Crippen LogP contribution is -1.97. The van der Waals surface area contributed by atoms with Crippen molar-refractivity contribution in [1.82, 2.24) is 4.98 Å². The van der Waals surface area contributed by atoms with Crippen molar-refractivity contribution in [3.63, 3.8) is 0 Å². The first-order valence-corrected chi connectivity index (χ1v) is 6.18. The summed E-state index contributed by atoms with van der Waals surface area (Å²) < 4.78 is 0.856. The van der Waals surface area contributed by atoms with Gasteiger partial charge in [-0.1, -0.05) is 11.6 Å². The molecule has 3 nitrogen and oxygen atoms in total. The zero-order valence-electron chi connectivity index (χ0n) is 8.52. The smallest absolute Gasteiger partial charge is 0.335 e. The van der Waals surface area contributed by atoms with Gasteiger partial charge in [-0.2, -0.15) is 0 Å². The van der Waals surface area contributed by atoms with Gasteiger partial charge in [0.25, 0.3) is 0 Å². The molecule has 0 radical (unpaired) electrons. The molecule has 0 amide bonds. The largest absolute Gasteiger partial charge is 0.478 e.